The monoisotopic (exact) mass is 291 g/mol. The van der Waals surface area contributed by atoms with Crippen molar-refractivity contribution in [2.45, 2.75) is 26.8 Å². The lowest BCUT2D eigenvalue weighted by molar-refractivity contribution is -0.120. The molecule has 0 radical (unpaired) electrons. The molecular weight excluding hydrogens is 274 g/mol. The number of benzene rings is 1. The number of amides is 1. The molecule has 0 fully saturated rings. The van der Waals surface area contributed by atoms with Crippen LogP contribution in [0.25, 0.3) is 0 Å². The molecule has 0 spiro atoms. The van der Waals surface area contributed by atoms with Gasteiger partial charge in [-0.1, -0.05) is 23.7 Å². The fraction of sp³-hybridized carbons (Fsp3) is 0.333. The second-order valence-electron chi connectivity index (χ2n) is 4.80. The van der Waals surface area contributed by atoms with E-state index in [2.05, 4.69) is 10.4 Å². The summed E-state index contributed by atoms with van der Waals surface area (Å²) in [5.41, 5.74) is 3.06. The lowest BCUT2D eigenvalue weighted by Crippen LogP contribution is -2.29. The summed E-state index contributed by atoms with van der Waals surface area (Å²) in [5, 5.41) is 7.93. The molecule has 5 heteroatoms. The molecule has 2 aromatic rings. The van der Waals surface area contributed by atoms with E-state index in [0.29, 0.717) is 24.5 Å². The van der Waals surface area contributed by atoms with Crippen molar-refractivity contribution in [3.05, 3.63) is 52.3 Å². The first-order valence-electron chi connectivity index (χ1n) is 6.57. The first-order chi connectivity index (χ1) is 9.54. The summed E-state index contributed by atoms with van der Waals surface area (Å²) in [7, 11) is 0. The van der Waals surface area contributed by atoms with E-state index in [1.807, 2.05) is 36.7 Å². The van der Waals surface area contributed by atoms with Gasteiger partial charge in [-0.15, -0.1) is 0 Å². The zero-order valence-corrected chi connectivity index (χ0v) is 12.4. The van der Waals surface area contributed by atoms with Gasteiger partial charge >= 0.3 is 0 Å². The highest BCUT2D eigenvalue weighted by molar-refractivity contribution is 6.30. The van der Waals surface area contributed by atoms with E-state index in [1.165, 1.54) is 0 Å². The largest absolute Gasteiger partial charge is 0.354 e. The van der Waals surface area contributed by atoms with Crippen molar-refractivity contribution in [1.29, 1.82) is 0 Å². The van der Waals surface area contributed by atoms with Gasteiger partial charge in [-0.3, -0.25) is 9.48 Å². The minimum absolute atomic E-state index is 0.00820. The smallest absolute Gasteiger partial charge is 0.224 e. The maximum absolute atomic E-state index is 11.8. The van der Waals surface area contributed by atoms with Gasteiger partial charge in [-0.2, -0.15) is 5.10 Å². The van der Waals surface area contributed by atoms with Crippen LogP contribution in [0.15, 0.2) is 30.3 Å². The molecule has 2 rings (SSSR count). The molecule has 0 unspecified atom stereocenters. The maximum Gasteiger partial charge on any atom is 0.224 e. The molecule has 0 bridgehead atoms. The third-order valence-electron chi connectivity index (χ3n) is 3.03. The van der Waals surface area contributed by atoms with Crippen LogP contribution in [-0.2, 0) is 17.8 Å². The first kappa shape index (κ1) is 14.6. The summed E-state index contributed by atoms with van der Waals surface area (Å²) in [6.07, 6.45) is 0.369. The normalized spacial score (nSPS) is 10.6. The summed E-state index contributed by atoms with van der Waals surface area (Å²) < 4.78 is 1.90. The van der Waals surface area contributed by atoms with Crippen LogP contribution in [-0.4, -0.2) is 22.2 Å². The minimum atomic E-state index is 0.00820. The molecule has 106 valence electrons. The molecule has 0 atom stereocenters. The Balaban J connectivity index is 1.78. The molecular formula is C15H18ClN3O. The molecule has 0 saturated heterocycles. The van der Waals surface area contributed by atoms with Gasteiger partial charge in [0.05, 0.1) is 18.7 Å². The van der Waals surface area contributed by atoms with E-state index in [0.717, 1.165) is 17.0 Å². The quantitative estimate of drug-likeness (QED) is 0.920. The number of halogens is 1. The highest BCUT2D eigenvalue weighted by Gasteiger charge is 2.04. The van der Waals surface area contributed by atoms with E-state index in [9.17, 15) is 4.79 Å². The van der Waals surface area contributed by atoms with E-state index in [4.69, 9.17) is 11.6 Å². The summed E-state index contributed by atoms with van der Waals surface area (Å²) in [6.45, 7) is 5.23. The predicted octanol–water partition coefficient (Wildman–Crippen LogP) is 2.51. The Hall–Kier alpha value is -1.81. The van der Waals surface area contributed by atoms with Gasteiger partial charge in [0.1, 0.15) is 0 Å². The maximum atomic E-state index is 11.8. The average molecular weight is 292 g/mol. The number of nitrogens with one attached hydrogen (secondary N) is 1. The van der Waals surface area contributed by atoms with Crippen molar-refractivity contribution in [2.24, 2.45) is 0 Å². The molecule has 0 aliphatic heterocycles. The van der Waals surface area contributed by atoms with Crippen LogP contribution in [0.3, 0.4) is 0 Å². The number of carbonyl (C=O) groups is 1. The standard InChI is InChI=1S/C15H18ClN3O/c1-11-9-12(2)19(18-11)8-7-17-15(20)10-13-3-5-14(16)6-4-13/h3-6,9H,7-8,10H2,1-2H3,(H,17,20). The highest BCUT2D eigenvalue weighted by atomic mass is 35.5. The second kappa shape index (κ2) is 6.57. The van der Waals surface area contributed by atoms with Crippen molar-refractivity contribution in [3.8, 4) is 0 Å². The fourth-order valence-electron chi connectivity index (χ4n) is 2.05. The summed E-state index contributed by atoms with van der Waals surface area (Å²) in [5.74, 6) is 0.00820. The number of nitrogens with zero attached hydrogens (tertiary/aromatic N) is 2. The zero-order chi connectivity index (χ0) is 14.5. The third-order valence-corrected chi connectivity index (χ3v) is 3.28. The van der Waals surface area contributed by atoms with Crippen molar-refractivity contribution in [2.75, 3.05) is 6.54 Å². The van der Waals surface area contributed by atoms with Gasteiger partial charge in [0.25, 0.3) is 0 Å². The van der Waals surface area contributed by atoms with Gasteiger partial charge in [0, 0.05) is 17.3 Å². The van der Waals surface area contributed by atoms with Crippen molar-refractivity contribution >= 4 is 17.5 Å². The Kier molecular flexibility index (Phi) is 4.79. The lowest BCUT2D eigenvalue weighted by Gasteiger charge is -2.07. The number of rotatable bonds is 5. The zero-order valence-electron chi connectivity index (χ0n) is 11.7. The van der Waals surface area contributed by atoms with Crippen LogP contribution in [0.4, 0.5) is 0 Å². The molecule has 0 aliphatic rings. The third kappa shape index (κ3) is 4.10. The van der Waals surface area contributed by atoms with Crippen LogP contribution in [0.5, 0.6) is 0 Å². The van der Waals surface area contributed by atoms with Gasteiger partial charge in [-0.25, -0.2) is 0 Å². The SMILES string of the molecule is Cc1cc(C)n(CCNC(=O)Cc2ccc(Cl)cc2)n1. The molecule has 1 N–H and O–H groups in total. The first-order valence-corrected chi connectivity index (χ1v) is 6.94. The lowest BCUT2D eigenvalue weighted by atomic mass is 10.1. The van der Waals surface area contributed by atoms with Crippen LogP contribution in [0, 0.1) is 13.8 Å². The Bertz CT molecular complexity index is 590. The Morgan fingerprint density at radius 2 is 2.00 bits per heavy atom. The van der Waals surface area contributed by atoms with Gasteiger partial charge in [0.2, 0.25) is 5.91 Å². The van der Waals surface area contributed by atoms with Crippen molar-refractivity contribution < 1.29 is 4.79 Å². The summed E-state index contributed by atoms with van der Waals surface area (Å²) in [6, 6.07) is 9.33. The summed E-state index contributed by atoms with van der Waals surface area (Å²) in [4.78, 5) is 11.8. The molecule has 0 aliphatic carbocycles. The molecule has 4 nitrogen and oxygen atoms in total. The molecule has 1 aromatic heterocycles. The number of hydrogen-bond donors (Lipinski definition) is 1. The average Bonchev–Trinajstić information content (AvgIpc) is 2.71. The van der Waals surface area contributed by atoms with Gasteiger partial charge < -0.3 is 5.32 Å². The molecule has 0 saturated carbocycles. The molecule has 1 amide bonds. The fourth-order valence-corrected chi connectivity index (χ4v) is 2.18. The topological polar surface area (TPSA) is 46.9 Å². The highest BCUT2D eigenvalue weighted by Crippen LogP contribution is 2.09. The van der Waals surface area contributed by atoms with E-state index < -0.39 is 0 Å². The predicted molar refractivity (Wildman–Crippen MR) is 79.9 cm³/mol. The number of hydrogen-bond acceptors (Lipinski definition) is 2. The van der Waals surface area contributed by atoms with Crippen molar-refractivity contribution in [1.82, 2.24) is 15.1 Å². The van der Waals surface area contributed by atoms with Crippen LogP contribution < -0.4 is 5.32 Å². The van der Waals surface area contributed by atoms with E-state index >= 15 is 0 Å². The second-order valence-corrected chi connectivity index (χ2v) is 5.24. The van der Waals surface area contributed by atoms with Crippen LogP contribution in [0.1, 0.15) is 17.0 Å². The number of aromatic nitrogens is 2. The summed E-state index contributed by atoms with van der Waals surface area (Å²) >= 11 is 5.81. The Labute approximate surface area is 123 Å². The van der Waals surface area contributed by atoms with Crippen LogP contribution >= 0.6 is 11.6 Å². The Morgan fingerprint density at radius 1 is 1.30 bits per heavy atom. The van der Waals surface area contributed by atoms with Crippen LogP contribution in [0.2, 0.25) is 5.02 Å². The molecule has 20 heavy (non-hydrogen) atoms. The Morgan fingerprint density at radius 3 is 2.60 bits per heavy atom. The minimum Gasteiger partial charge on any atom is -0.354 e. The number of aryl methyl sites for hydroxylation is 2. The number of carbonyl (C=O) groups excluding carboxylic acids is 1. The van der Waals surface area contributed by atoms with Gasteiger partial charge in [-0.05, 0) is 37.6 Å². The van der Waals surface area contributed by atoms with Gasteiger partial charge in [0.15, 0.2) is 0 Å². The molecule has 1 aromatic carbocycles. The van der Waals surface area contributed by atoms with E-state index in [-0.39, 0.29) is 5.91 Å². The molecule has 1 heterocycles. The van der Waals surface area contributed by atoms with E-state index in [1.54, 1.807) is 12.1 Å². The van der Waals surface area contributed by atoms with Crippen molar-refractivity contribution in [3.63, 3.8) is 0 Å².